The lowest BCUT2D eigenvalue weighted by Gasteiger charge is -2.06. The molecule has 0 fully saturated rings. The number of rotatable bonds is 2. The lowest BCUT2D eigenvalue weighted by atomic mass is 10.0. The van der Waals surface area contributed by atoms with Gasteiger partial charge in [-0.3, -0.25) is 4.79 Å². The van der Waals surface area contributed by atoms with E-state index >= 15 is 0 Å². The van der Waals surface area contributed by atoms with E-state index in [2.05, 4.69) is 11.1 Å². The van der Waals surface area contributed by atoms with Gasteiger partial charge in [-0.25, -0.2) is 4.98 Å². The first-order valence-electron chi connectivity index (χ1n) is 6.25. The number of pyridine rings is 1. The van der Waals surface area contributed by atoms with Crippen molar-refractivity contribution < 1.29 is 4.79 Å². The minimum absolute atomic E-state index is 0.371. The van der Waals surface area contributed by atoms with Crippen LogP contribution in [0.15, 0.2) is 36.5 Å². The number of fused-ring (bicyclic) bond motifs is 1. The third-order valence-corrected chi connectivity index (χ3v) is 3.80. The SMILES string of the molecule is Cn1c(C=O)cc2c(-c3ccc(C#N)cc3)c(Cl)ncc21. The van der Waals surface area contributed by atoms with Crippen LogP contribution in [-0.2, 0) is 7.05 Å². The minimum Gasteiger partial charge on any atom is -0.340 e. The fourth-order valence-electron chi connectivity index (χ4n) is 2.39. The first kappa shape index (κ1) is 13.3. The number of nitriles is 1. The maximum absolute atomic E-state index is 11.1. The lowest BCUT2D eigenvalue weighted by Crippen LogP contribution is -1.94. The first-order valence-corrected chi connectivity index (χ1v) is 6.63. The van der Waals surface area contributed by atoms with Crippen LogP contribution in [0, 0.1) is 11.3 Å². The largest absolute Gasteiger partial charge is 0.340 e. The second kappa shape index (κ2) is 5.04. The fraction of sp³-hybridized carbons (Fsp3) is 0.0625. The molecule has 0 aliphatic heterocycles. The number of carbonyl (C=O) groups excluding carboxylic acids is 1. The normalized spacial score (nSPS) is 10.5. The summed E-state index contributed by atoms with van der Waals surface area (Å²) in [5, 5.41) is 10.1. The molecule has 3 rings (SSSR count). The van der Waals surface area contributed by atoms with Gasteiger partial charge >= 0.3 is 0 Å². The average Bonchev–Trinajstić information content (AvgIpc) is 2.84. The van der Waals surface area contributed by atoms with Crippen LogP contribution in [0.4, 0.5) is 0 Å². The molecule has 0 unspecified atom stereocenters. The topological polar surface area (TPSA) is 58.7 Å². The van der Waals surface area contributed by atoms with Crippen LogP contribution in [-0.4, -0.2) is 15.8 Å². The van der Waals surface area contributed by atoms with Gasteiger partial charge in [0.2, 0.25) is 0 Å². The molecule has 2 heterocycles. The summed E-state index contributed by atoms with van der Waals surface area (Å²) in [6.45, 7) is 0. The highest BCUT2D eigenvalue weighted by Crippen LogP contribution is 2.34. The van der Waals surface area contributed by atoms with E-state index in [0.717, 1.165) is 28.3 Å². The predicted octanol–water partition coefficient (Wildman–Crippen LogP) is 3.58. The van der Waals surface area contributed by atoms with Crippen LogP contribution in [0.25, 0.3) is 22.0 Å². The molecular weight excluding hydrogens is 286 g/mol. The van der Waals surface area contributed by atoms with E-state index in [-0.39, 0.29) is 0 Å². The van der Waals surface area contributed by atoms with Gasteiger partial charge in [-0.1, -0.05) is 23.7 Å². The van der Waals surface area contributed by atoms with Crippen molar-refractivity contribution in [1.29, 1.82) is 5.26 Å². The molecule has 1 aromatic carbocycles. The second-order valence-electron chi connectivity index (χ2n) is 4.66. The molecule has 0 aliphatic rings. The van der Waals surface area contributed by atoms with Gasteiger partial charge in [0.1, 0.15) is 5.15 Å². The van der Waals surface area contributed by atoms with Crippen LogP contribution in [0.5, 0.6) is 0 Å². The van der Waals surface area contributed by atoms with Crippen molar-refractivity contribution in [3.8, 4) is 17.2 Å². The van der Waals surface area contributed by atoms with E-state index in [0.29, 0.717) is 16.4 Å². The predicted molar refractivity (Wildman–Crippen MR) is 81.3 cm³/mol. The maximum atomic E-state index is 11.1. The molecule has 0 N–H and O–H groups in total. The minimum atomic E-state index is 0.371. The van der Waals surface area contributed by atoms with Gasteiger partial charge in [-0.05, 0) is 23.8 Å². The van der Waals surface area contributed by atoms with Crippen LogP contribution in [0.2, 0.25) is 5.15 Å². The molecule has 3 aromatic rings. The van der Waals surface area contributed by atoms with Gasteiger partial charge in [-0.15, -0.1) is 0 Å². The van der Waals surface area contributed by atoms with E-state index in [1.165, 1.54) is 0 Å². The Labute approximate surface area is 126 Å². The van der Waals surface area contributed by atoms with Crippen molar-refractivity contribution in [2.75, 3.05) is 0 Å². The van der Waals surface area contributed by atoms with Gasteiger partial charge in [0, 0.05) is 18.0 Å². The standard InChI is InChI=1S/C16H10ClN3O/c1-20-12(9-21)6-13-14(20)8-19-16(17)15(13)11-4-2-10(7-18)3-5-11/h2-6,8-9H,1H3. The summed E-state index contributed by atoms with van der Waals surface area (Å²) in [6, 6.07) is 11.0. The number of aryl methyl sites for hydroxylation is 1. The van der Waals surface area contributed by atoms with Crippen LogP contribution < -0.4 is 0 Å². The molecule has 0 spiro atoms. The van der Waals surface area contributed by atoms with Gasteiger partial charge in [-0.2, -0.15) is 5.26 Å². The Kier molecular flexibility index (Phi) is 3.20. The Morgan fingerprint density at radius 1 is 1.33 bits per heavy atom. The first-order chi connectivity index (χ1) is 10.2. The summed E-state index contributed by atoms with van der Waals surface area (Å²) < 4.78 is 1.78. The number of carbonyl (C=O) groups is 1. The Bertz CT molecular complexity index is 889. The van der Waals surface area contributed by atoms with Crippen molar-refractivity contribution in [3.63, 3.8) is 0 Å². The van der Waals surface area contributed by atoms with E-state index in [9.17, 15) is 4.79 Å². The van der Waals surface area contributed by atoms with Crippen molar-refractivity contribution >= 4 is 28.8 Å². The third kappa shape index (κ3) is 2.08. The van der Waals surface area contributed by atoms with Gasteiger partial charge < -0.3 is 4.57 Å². The number of aldehydes is 1. The second-order valence-corrected chi connectivity index (χ2v) is 5.02. The monoisotopic (exact) mass is 295 g/mol. The molecule has 0 amide bonds. The third-order valence-electron chi connectivity index (χ3n) is 3.52. The summed E-state index contributed by atoms with van der Waals surface area (Å²) in [4.78, 5) is 15.3. The highest BCUT2D eigenvalue weighted by Gasteiger charge is 2.14. The molecule has 0 atom stereocenters. The maximum Gasteiger partial charge on any atom is 0.166 e. The van der Waals surface area contributed by atoms with Gasteiger partial charge in [0.15, 0.2) is 6.29 Å². The molecule has 21 heavy (non-hydrogen) atoms. The van der Waals surface area contributed by atoms with Crippen molar-refractivity contribution in [2.45, 2.75) is 0 Å². The number of hydrogen-bond acceptors (Lipinski definition) is 3. The molecule has 0 saturated heterocycles. The van der Waals surface area contributed by atoms with Crippen LogP contribution in [0.3, 0.4) is 0 Å². The van der Waals surface area contributed by atoms with Crippen molar-refractivity contribution in [3.05, 3.63) is 52.9 Å². The zero-order chi connectivity index (χ0) is 15.0. The number of aromatic nitrogens is 2. The van der Waals surface area contributed by atoms with E-state index < -0.39 is 0 Å². The zero-order valence-electron chi connectivity index (χ0n) is 11.2. The molecule has 5 heteroatoms. The Hall–Kier alpha value is -2.64. The lowest BCUT2D eigenvalue weighted by molar-refractivity contribution is 0.111. The summed E-state index contributed by atoms with van der Waals surface area (Å²) in [5.41, 5.74) is 3.60. The quantitative estimate of drug-likeness (QED) is 0.536. The fourth-order valence-corrected chi connectivity index (χ4v) is 2.65. The molecule has 0 aliphatic carbocycles. The average molecular weight is 296 g/mol. The molecule has 0 bridgehead atoms. The molecule has 0 radical (unpaired) electrons. The van der Waals surface area contributed by atoms with Crippen molar-refractivity contribution in [1.82, 2.24) is 9.55 Å². The van der Waals surface area contributed by atoms with Gasteiger partial charge in [0.05, 0.1) is 29.0 Å². The molecule has 102 valence electrons. The Morgan fingerprint density at radius 2 is 2.05 bits per heavy atom. The van der Waals surface area contributed by atoms with E-state index in [4.69, 9.17) is 16.9 Å². The molecule has 0 saturated carbocycles. The molecule has 4 nitrogen and oxygen atoms in total. The number of hydrogen-bond donors (Lipinski definition) is 0. The van der Waals surface area contributed by atoms with E-state index in [1.807, 2.05) is 19.2 Å². The van der Waals surface area contributed by atoms with Crippen molar-refractivity contribution in [2.24, 2.45) is 7.05 Å². The number of nitrogens with zero attached hydrogens (tertiary/aromatic N) is 3. The smallest absolute Gasteiger partial charge is 0.166 e. The zero-order valence-corrected chi connectivity index (χ0v) is 11.9. The highest BCUT2D eigenvalue weighted by atomic mass is 35.5. The number of benzene rings is 1. The summed E-state index contributed by atoms with van der Waals surface area (Å²) >= 11 is 6.24. The Morgan fingerprint density at radius 3 is 2.67 bits per heavy atom. The van der Waals surface area contributed by atoms with Crippen LogP contribution >= 0.6 is 11.6 Å². The summed E-state index contributed by atoms with van der Waals surface area (Å²) in [7, 11) is 1.81. The number of halogens is 1. The highest BCUT2D eigenvalue weighted by molar-refractivity contribution is 6.33. The summed E-state index contributed by atoms with van der Waals surface area (Å²) in [5.74, 6) is 0. The molecule has 2 aromatic heterocycles. The molecular formula is C16H10ClN3O. The summed E-state index contributed by atoms with van der Waals surface area (Å²) in [6.07, 6.45) is 2.45. The van der Waals surface area contributed by atoms with Gasteiger partial charge in [0.25, 0.3) is 0 Å². The Balaban J connectivity index is 2.32. The van der Waals surface area contributed by atoms with E-state index in [1.54, 1.807) is 29.0 Å². The van der Waals surface area contributed by atoms with Crippen LogP contribution in [0.1, 0.15) is 16.1 Å².